The van der Waals surface area contributed by atoms with Crippen molar-refractivity contribution >= 4 is 39.1 Å². The molecule has 2 aromatic carbocycles. The number of hydrogen-bond acceptors (Lipinski definition) is 4. The van der Waals surface area contributed by atoms with Crippen LogP contribution in [0.3, 0.4) is 0 Å². The van der Waals surface area contributed by atoms with Crippen molar-refractivity contribution in [3.8, 4) is 0 Å². The third-order valence-corrected chi connectivity index (χ3v) is 5.16. The Balaban J connectivity index is 1.94. The van der Waals surface area contributed by atoms with Gasteiger partial charge in [-0.2, -0.15) is 0 Å². The summed E-state index contributed by atoms with van der Waals surface area (Å²) in [5.74, 6) is -2.40. The van der Waals surface area contributed by atoms with E-state index < -0.39 is 23.5 Å². The summed E-state index contributed by atoms with van der Waals surface area (Å²) in [6.07, 6.45) is 3.10. The standard InChI is InChI=1S/C22H14BrFN2O3/c23-15-2-1-3-17(12-15)26-19(13-8-10-25-11-9-13)18(21(28)22(26)29)20(27)14-4-6-16(24)7-5-14/h1-12,19,27H/b20-18+. The Labute approximate surface area is 174 Å². The van der Waals surface area contributed by atoms with Gasteiger partial charge in [0.05, 0.1) is 11.6 Å². The molecule has 1 saturated heterocycles. The van der Waals surface area contributed by atoms with E-state index in [1.807, 2.05) is 0 Å². The maximum absolute atomic E-state index is 13.3. The molecular formula is C22H14BrFN2O3. The summed E-state index contributed by atoms with van der Waals surface area (Å²) in [5.41, 5.74) is 1.30. The second-order valence-electron chi connectivity index (χ2n) is 6.44. The highest BCUT2D eigenvalue weighted by Gasteiger charge is 2.46. The predicted octanol–water partition coefficient (Wildman–Crippen LogP) is 4.61. The predicted molar refractivity (Wildman–Crippen MR) is 110 cm³/mol. The lowest BCUT2D eigenvalue weighted by molar-refractivity contribution is -0.132. The van der Waals surface area contributed by atoms with E-state index in [-0.39, 0.29) is 16.9 Å². The SMILES string of the molecule is O=C1C(=O)N(c2cccc(Br)c2)C(c2ccncc2)/C1=C(\O)c1ccc(F)cc1. The van der Waals surface area contributed by atoms with Crippen molar-refractivity contribution in [2.24, 2.45) is 0 Å². The number of ketones is 1. The molecule has 0 spiro atoms. The summed E-state index contributed by atoms with van der Waals surface area (Å²) in [6, 6.07) is 14.6. The highest BCUT2D eigenvalue weighted by Crippen LogP contribution is 2.42. The zero-order valence-corrected chi connectivity index (χ0v) is 16.5. The van der Waals surface area contributed by atoms with Crippen LogP contribution in [0.5, 0.6) is 0 Å². The second kappa shape index (κ2) is 7.60. The first-order chi connectivity index (χ1) is 14.0. The Morgan fingerprint density at radius 3 is 2.38 bits per heavy atom. The van der Waals surface area contributed by atoms with Crippen LogP contribution in [-0.2, 0) is 9.59 Å². The maximum Gasteiger partial charge on any atom is 0.300 e. The molecule has 1 fully saturated rings. The van der Waals surface area contributed by atoms with Crippen molar-refractivity contribution in [1.29, 1.82) is 0 Å². The minimum Gasteiger partial charge on any atom is -0.507 e. The van der Waals surface area contributed by atoms with E-state index >= 15 is 0 Å². The molecule has 0 bridgehead atoms. The normalized spacial score (nSPS) is 18.3. The van der Waals surface area contributed by atoms with Gasteiger partial charge in [0.15, 0.2) is 0 Å². The first kappa shape index (κ1) is 19.0. The molecule has 5 nitrogen and oxygen atoms in total. The lowest BCUT2D eigenvalue weighted by atomic mass is 9.96. The summed E-state index contributed by atoms with van der Waals surface area (Å²) in [6.45, 7) is 0. The molecule has 0 saturated carbocycles. The largest absolute Gasteiger partial charge is 0.507 e. The number of aromatic nitrogens is 1. The van der Waals surface area contributed by atoms with Gasteiger partial charge >= 0.3 is 0 Å². The van der Waals surface area contributed by atoms with Crippen molar-refractivity contribution < 1.29 is 19.1 Å². The summed E-state index contributed by atoms with van der Waals surface area (Å²) in [7, 11) is 0. The van der Waals surface area contributed by atoms with Gasteiger partial charge in [0.2, 0.25) is 0 Å². The van der Waals surface area contributed by atoms with Crippen LogP contribution in [0, 0.1) is 5.82 Å². The Morgan fingerprint density at radius 2 is 1.72 bits per heavy atom. The van der Waals surface area contributed by atoms with Crippen molar-refractivity contribution in [3.63, 3.8) is 0 Å². The number of carbonyl (C=O) groups is 2. The zero-order valence-electron chi connectivity index (χ0n) is 14.9. The Kier molecular flexibility index (Phi) is 4.98. The zero-order chi connectivity index (χ0) is 20.5. The number of anilines is 1. The molecule has 144 valence electrons. The van der Waals surface area contributed by atoms with Gasteiger partial charge in [0, 0.05) is 28.1 Å². The molecule has 1 N–H and O–H groups in total. The Morgan fingerprint density at radius 1 is 1.03 bits per heavy atom. The molecule has 1 aromatic heterocycles. The van der Waals surface area contributed by atoms with Crippen LogP contribution in [0.4, 0.5) is 10.1 Å². The summed E-state index contributed by atoms with van der Waals surface area (Å²) in [4.78, 5) is 31.2. The van der Waals surface area contributed by atoms with E-state index in [1.165, 1.54) is 29.2 Å². The van der Waals surface area contributed by atoms with Gasteiger partial charge < -0.3 is 5.11 Å². The molecule has 3 aromatic rings. The fourth-order valence-corrected chi connectivity index (χ4v) is 3.74. The molecule has 7 heteroatoms. The highest BCUT2D eigenvalue weighted by molar-refractivity contribution is 9.10. The fraction of sp³-hybridized carbons (Fsp3) is 0.0455. The van der Waals surface area contributed by atoms with Gasteiger partial charge in [-0.15, -0.1) is 0 Å². The Hall–Kier alpha value is -3.32. The van der Waals surface area contributed by atoms with Crippen molar-refractivity contribution in [2.45, 2.75) is 6.04 Å². The Bertz CT molecular complexity index is 1130. The fourth-order valence-electron chi connectivity index (χ4n) is 3.35. The van der Waals surface area contributed by atoms with Crippen molar-refractivity contribution in [3.05, 3.63) is 100 Å². The molecule has 0 radical (unpaired) electrons. The van der Waals surface area contributed by atoms with Crippen LogP contribution < -0.4 is 4.90 Å². The third-order valence-electron chi connectivity index (χ3n) is 4.67. The molecule has 29 heavy (non-hydrogen) atoms. The van der Waals surface area contributed by atoms with E-state index in [2.05, 4.69) is 20.9 Å². The number of aliphatic hydroxyl groups is 1. The molecule has 0 aliphatic carbocycles. The number of amides is 1. The number of pyridine rings is 1. The van der Waals surface area contributed by atoms with Crippen LogP contribution >= 0.6 is 15.9 Å². The summed E-state index contributed by atoms with van der Waals surface area (Å²) >= 11 is 3.38. The average molecular weight is 453 g/mol. The number of hydrogen-bond donors (Lipinski definition) is 1. The van der Waals surface area contributed by atoms with E-state index in [9.17, 15) is 19.1 Å². The van der Waals surface area contributed by atoms with Crippen LogP contribution in [-0.4, -0.2) is 21.8 Å². The summed E-state index contributed by atoms with van der Waals surface area (Å²) in [5, 5.41) is 10.9. The third kappa shape index (κ3) is 3.45. The van der Waals surface area contributed by atoms with Gasteiger partial charge in [0.1, 0.15) is 11.6 Å². The molecule has 1 atom stereocenters. The lowest BCUT2D eigenvalue weighted by Crippen LogP contribution is -2.29. The maximum atomic E-state index is 13.3. The molecule has 1 amide bonds. The minimum absolute atomic E-state index is 0.0622. The van der Waals surface area contributed by atoms with E-state index in [1.54, 1.807) is 48.8 Å². The first-order valence-corrected chi connectivity index (χ1v) is 9.49. The second-order valence-corrected chi connectivity index (χ2v) is 7.35. The van der Waals surface area contributed by atoms with Crippen LogP contribution in [0.2, 0.25) is 0 Å². The molecule has 1 unspecified atom stereocenters. The highest BCUT2D eigenvalue weighted by atomic mass is 79.9. The molecule has 2 heterocycles. The smallest absolute Gasteiger partial charge is 0.300 e. The topological polar surface area (TPSA) is 70.5 Å². The van der Waals surface area contributed by atoms with Gasteiger partial charge in [-0.1, -0.05) is 22.0 Å². The van der Waals surface area contributed by atoms with Crippen LogP contribution in [0.25, 0.3) is 5.76 Å². The van der Waals surface area contributed by atoms with Crippen molar-refractivity contribution in [1.82, 2.24) is 4.98 Å². The van der Waals surface area contributed by atoms with Gasteiger partial charge in [-0.05, 0) is 60.2 Å². The number of halogens is 2. The number of carbonyl (C=O) groups excluding carboxylic acids is 2. The van der Waals surface area contributed by atoms with Gasteiger partial charge in [-0.3, -0.25) is 19.5 Å². The number of rotatable bonds is 3. The van der Waals surface area contributed by atoms with E-state index in [0.29, 0.717) is 11.3 Å². The van der Waals surface area contributed by atoms with Crippen LogP contribution in [0.1, 0.15) is 17.2 Å². The minimum atomic E-state index is -0.850. The van der Waals surface area contributed by atoms with Gasteiger partial charge in [-0.25, -0.2) is 4.39 Å². The first-order valence-electron chi connectivity index (χ1n) is 8.70. The molecule has 4 rings (SSSR count). The quantitative estimate of drug-likeness (QED) is 0.357. The van der Waals surface area contributed by atoms with Crippen LogP contribution in [0.15, 0.2) is 83.1 Å². The number of nitrogens with zero attached hydrogens (tertiary/aromatic N) is 2. The number of Topliss-reactive ketones (excluding diaryl/α,β-unsaturated/α-hetero) is 1. The summed E-state index contributed by atoms with van der Waals surface area (Å²) < 4.78 is 14.0. The lowest BCUT2D eigenvalue weighted by Gasteiger charge is -2.25. The van der Waals surface area contributed by atoms with Crippen molar-refractivity contribution in [2.75, 3.05) is 4.90 Å². The molecular weight excluding hydrogens is 439 g/mol. The number of benzene rings is 2. The monoisotopic (exact) mass is 452 g/mol. The average Bonchev–Trinajstić information content (AvgIpc) is 2.99. The van der Waals surface area contributed by atoms with E-state index in [4.69, 9.17) is 0 Å². The molecule has 1 aliphatic heterocycles. The molecule has 1 aliphatic rings. The van der Waals surface area contributed by atoms with Gasteiger partial charge in [0.25, 0.3) is 11.7 Å². The van der Waals surface area contributed by atoms with E-state index in [0.717, 1.165) is 4.47 Å². The number of aliphatic hydroxyl groups excluding tert-OH is 1.